The summed E-state index contributed by atoms with van der Waals surface area (Å²) in [5.74, 6) is 0.201. The van der Waals surface area contributed by atoms with Gasteiger partial charge in [-0.2, -0.15) is 5.10 Å². The monoisotopic (exact) mass is 241 g/mol. The van der Waals surface area contributed by atoms with Gasteiger partial charge in [0.2, 0.25) is 5.95 Å². The number of aromatic amines is 1. The number of nitrogens with zero attached hydrogens (tertiary/aromatic N) is 3. The molecule has 0 aliphatic carbocycles. The number of hydrazone groups is 1. The normalized spacial score (nSPS) is 11.1. The third-order valence-electron chi connectivity index (χ3n) is 1.99. The summed E-state index contributed by atoms with van der Waals surface area (Å²) in [5, 5.41) is 11.0. The second-order valence-corrected chi connectivity index (χ2v) is 3.34. The van der Waals surface area contributed by atoms with E-state index in [1.165, 1.54) is 0 Å². The van der Waals surface area contributed by atoms with Crippen LogP contribution < -0.4 is 11.0 Å². The molecule has 0 bridgehead atoms. The highest BCUT2D eigenvalue weighted by atomic mass is 16.1. The van der Waals surface area contributed by atoms with Crippen LogP contribution in [-0.4, -0.2) is 21.4 Å². The predicted molar refractivity (Wildman–Crippen MR) is 70.2 cm³/mol. The minimum atomic E-state index is -0.331. The largest absolute Gasteiger partial charge is 0.289 e. The molecule has 90 valence electrons. The van der Waals surface area contributed by atoms with E-state index in [4.69, 9.17) is 0 Å². The van der Waals surface area contributed by atoms with E-state index in [9.17, 15) is 4.79 Å². The lowest BCUT2D eigenvalue weighted by atomic mass is 10.2. The van der Waals surface area contributed by atoms with E-state index < -0.39 is 0 Å². The van der Waals surface area contributed by atoms with Crippen molar-refractivity contribution in [3.05, 3.63) is 58.5 Å². The van der Waals surface area contributed by atoms with E-state index in [1.54, 1.807) is 12.3 Å². The molecular weight excluding hydrogens is 230 g/mol. The van der Waals surface area contributed by atoms with E-state index in [1.807, 2.05) is 36.4 Å². The SMILES string of the molecule is O=c1cnnc(NN=CC=Cc2ccccc2)[nH]1. The molecular formula is C12H11N5O. The van der Waals surface area contributed by atoms with Crippen LogP contribution in [0.1, 0.15) is 5.56 Å². The molecule has 0 aliphatic rings. The number of aromatic nitrogens is 3. The smallest absolute Gasteiger partial charge is 0.271 e. The van der Waals surface area contributed by atoms with Crippen molar-refractivity contribution in [3.8, 4) is 0 Å². The predicted octanol–water partition coefficient (Wildman–Crippen LogP) is 1.28. The standard InChI is InChI=1S/C12H11N5O/c18-11-9-14-17-12(15-11)16-13-8-4-7-10-5-2-1-3-6-10/h1-9H,(H2,15,16,17,18). The Morgan fingerprint density at radius 2 is 2.11 bits per heavy atom. The highest BCUT2D eigenvalue weighted by Crippen LogP contribution is 1.99. The summed E-state index contributed by atoms with van der Waals surface area (Å²) in [7, 11) is 0. The molecule has 0 atom stereocenters. The lowest BCUT2D eigenvalue weighted by Gasteiger charge is -1.94. The molecule has 0 spiro atoms. The molecule has 2 rings (SSSR count). The molecule has 0 saturated heterocycles. The van der Waals surface area contributed by atoms with Gasteiger partial charge in [0.25, 0.3) is 5.56 Å². The van der Waals surface area contributed by atoms with Gasteiger partial charge in [0.1, 0.15) is 6.20 Å². The van der Waals surface area contributed by atoms with Crippen LogP contribution in [0.3, 0.4) is 0 Å². The van der Waals surface area contributed by atoms with Gasteiger partial charge < -0.3 is 0 Å². The van der Waals surface area contributed by atoms with Crippen molar-refractivity contribution >= 4 is 18.2 Å². The maximum Gasteiger partial charge on any atom is 0.271 e. The molecule has 1 aromatic heterocycles. The Morgan fingerprint density at radius 3 is 2.89 bits per heavy atom. The summed E-state index contributed by atoms with van der Waals surface area (Å²) in [6.45, 7) is 0. The van der Waals surface area contributed by atoms with Crippen molar-refractivity contribution in [2.75, 3.05) is 5.43 Å². The first-order valence-electron chi connectivity index (χ1n) is 5.27. The van der Waals surface area contributed by atoms with Crippen LogP contribution in [0.4, 0.5) is 5.95 Å². The maximum absolute atomic E-state index is 10.9. The molecule has 0 fully saturated rings. The van der Waals surface area contributed by atoms with Crippen molar-refractivity contribution in [1.29, 1.82) is 0 Å². The Balaban J connectivity index is 1.89. The Hall–Kier alpha value is -2.76. The summed E-state index contributed by atoms with van der Waals surface area (Å²) in [6, 6.07) is 9.84. The van der Waals surface area contributed by atoms with Crippen molar-refractivity contribution in [1.82, 2.24) is 15.2 Å². The molecule has 0 unspecified atom stereocenters. The second kappa shape index (κ2) is 6.09. The maximum atomic E-state index is 10.9. The van der Waals surface area contributed by atoms with Crippen LogP contribution >= 0.6 is 0 Å². The van der Waals surface area contributed by atoms with Gasteiger partial charge in [-0.1, -0.05) is 36.4 Å². The fourth-order valence-corrected chi connectivity index (χ4v) is 1.22. The minimum absolute atomic E-state index is 0.201. The Bertz CT molecular complexity index is 603. The van der Waals surface area contributed by atoms with E-state index in [2.05, 4.69) is 25.7 Å². The Morgan fingerprint density at radius 1 is 1.28 bits per heavy atom. The zero-order chi connectivity index (χ0) is 12.6. The topological polar surface area (TPSA) is 83.0 Å². The quantitative estimate of drug-likeness (QED) is 0.624. The third kappa shape index (κ3) is 3.67. The lowest BCUT2D eigenvalue weighted by Crippen LogP contribution is -2.10. The molecule has 18 heavy (non-hydrogen) atoms. The number of hydrogen-bond acceptors (Lipinski definition) is 5. The van der Waals surface area contributed by atoms with Gasteiger partial charge in [-0.3, -0.25) is 9.78 Å². The van der Waals surface area contributed by atoms with Crippen LogP contribution in [0, 0.1) is 0 Å². The fraction of sp³-hybridized carbons (Fsp3) is 0. The number of allylic oxidation sites excluding steroid dienone is 1. The average molecular weight is 241 g/mol. The zero-order valence-electron chi connectivity index (χ0n) is 9.45. The molecule has 0 aliphatic heterocycles. The van der Waals surface area contributed by atoms with Gasteiger partial charge in [0, 0.05) is 6.21 Å². The lowest BCUT2D eigenvalue weighted by molar-refractivity contribution is 0.939. The van der Waals surface area contributed by atoms with Crippen molar-refractivity contribution in [2.45, 2.75) is 0 Å². The minimum Gasteiger partial charge on any atom is -0.289 e. The van der Waals surface area contributed by atoms with E-state index in [0.29, 0.717) is 0 Å². The van der Waals surface area contributed by atoms with Gasteiger partial charge in [0.15, 0.2) is 0 Å². The molecule has 1 heterocycles. The van der Waals surface area contributed by atoms with Crippen LogP contribution in [0.15, 0.2) is 52.5 Å². The van der Waals surface area contributed by atoms with Crippen molar-refractivity contribution in [3.63, 3.8) is 0 Å². The molecule has 2 aromatic rings. The number of hydrogen-bond donors (Lipinski definition) is 2. The first-order chi connectivity index (χ1) is 8.84. The third-order valence-corrected chi connectivity index (χ3v) is 1.99. The molecule has 1 aromatic carbocycles. The average Bonchev–Trinajstić information content (AvgIpc) is 2.40. The number of nitrogens with one attached hydrogen (secondary N) is 2. The van der Waals surface area contributed by atoms with Crippen LogP contribution in [0.2, 0.25) is 0 Å². The molecule has 0 radical (unpaired) electrons. The van der Waals surface area contributed by atoms with Crippen LogP contribution in [0.5, 0.6) is 0 Å². The van der Waals surface area contributed by atoms with E-state index in [0.717, 1.165) is 11.8 Å². The summed E-state index contributed by atoms with van der Waals surface area (Å²) in [4.78, 5) is 13.3. The molecule has 6 heteroatoms. The number of benzene rings is 1. The van der Waals surface area contributed by atoms with Crippen LogP contribution in [-0.2, 0) is 0 Å². The van der Waals surface area contributed by atoms with Crippen molar-refractivity contribution in [2.24, 2.45) is 5.10 Å². The summed E-state index contributed by atoms with van der Waals surface area (Å²) in [5.41, 5.74) is 3.31. The molecule has 0 amide bonds. The molecule has 2 N–H and O–H groups in total. The van der Waals surface area contributed by atoms with Gasteiger partial charge >= 0.3 is 0 Å². The summed E-state index contributed by atoms with van der Waals surface area (Å²) in [6.07, 6.45) is 6.32. The van der Waals surface area contributed by atoms with E-state index >= 15 is 0 Å². The van der Waals surface area contributed by atoms with E-state index in [-0.39, 0.29) is 11.5 Å². The molecule has 6 nitrogen and oxygen atoms in total. The fourth-order valence-electron chi connectivity index (χ4n) is 1.22. The van der Waals surface area contributed by atoms with Gasteiger partial charge in [-0.05, 0) is 11.6 Å². The summed E-state index contributed by atoms with van der Waals surface area (Å²) < 4.78 is 0. The number of rotatable bonds is 4. The highest BCUT2D eigenvalue weighted by molar-refractivity contribution is 5.78. The highest BCUT2D eigenvalue weighted by Gasteiger charge is 1.90. The van der Waals surface area contributed by atoms with Crippen molar-refractivity contribution < 1.29 is 0 Å². The molecule has 0 saturated carbocycles. The van der Waals surface area contributed by atoms with Crippen LogP contribution in [0.25, 0.3) is 6.08 Å². The first-order valence-corrected chi connectivity index (χ1v) is 5.27. The Labute approximate surface area is 103 Å². The summed E-state index contributed by atoms with van der Waals surface area (Å²) >= 11 is 0. The first kappa shape index (κ1) is 11.7. The number of anilines is 1. The van der Waals surface area contributed by atoms with Gasteiger partial charge in [-0.25, -0.2) is 5.43 Å². The number of H-pyrrole nitrogens is 1. The Kier molecular flexibility index (Phi) is 3.97. The van der Waals surface area contributed by atoms with Gasteiger partial charge in [-0.15, -0.1) is 10.2 Å². The zero-order valence-corrected chi connectivity index (χ0v) is 9.45. The second-order valence-electron chi connectivity index (χ2n) is 3.34. The van der Waals surface area contributed by atoms with Gasteiger partial charge in [0.05, 0.1) is 0 Å².